The molecule has 3 rings (SSSR count). The molecule has 1 aromatic heterocycles. The van der Waals surface area contributed by atoms with E-state index in [-0.39, 0.29) is 0 Å². The summed E-state index contributed by atoms with van der Waals surface area (Å²) in [5, 5.41) is 8.97. The molecule has 2 aliphatic heterocycles. The Morgan fingerprint density at radius 1 is 1.32 bits per heavy atom. The summed E-state index contributed by atoms with van der Waals surface area (Å²) in [6.45, 7) is 3.47. The molecule has 0 radical (unpaired) electrons. The number of aromatic nitrogens is 1. The number of nitrogens with zero attached hydrogens (tertiary/aromatic N) is 3. The fourth-order valence-corrected chi connectivity index (χ4v) is 3.09. The van der Waals surface area contributed by atoms with E-state index in [9.17, 15) is 0 Å². The van der Waals surface area contributed by atoms with Gasteiger partial charge in [-0.1, -0.05) is 0 Å². The van der Waals surface area contributed by atoms with E-state index < -0.39 is 0 Å². The number of hydrogen-bond donors (Lipinski definition) is 0. The van der Waals surface area contributed by atoms with Crippen molar-refractivity contribution in [2.24, 2.45) is 0 Å². The van der Waals surface area contributed by atoms with Gasteiger partial charge in [-0.15, -0.1) is 0 Å². The summed E-state index contributed by atoms with van der Waals surface area (Å²) < 4.78 is 11.7. The highest BCUT2D eigenvalue weighted by molar-refractivity contribution is 5.45. The first-order valence-electron chi connectivity index (χ1n) is 8.19. The first-order valence-corrected chi connectivity index (χ1v) is 8.19. The normalized spacial score (nSPS) is 23.2. The molecule has 1 aromatic rings. The molecule has 2 saturated heterocycles. The number of nitriles is 1. The largest absolute Gasteiger partial charge is 0.376 e. The van der Waals surface area contributed by atoms with E-state index >= 15 is 0 Å². The smallest absolute Gasteiger partial charge is 0.129 e. The fourth-order valence-electron chi connectivity index (χ4n) is 3.09. The number of rotatable bonds is 4. The van der Waals surface area contributed by atoms with E-state index in [0.717, 1.165) is 51.4 Å². The molecule has 0 aromatic carbocycles. The quantitative estimate of drug-likeness (QED) is 0.855. The molecule has 3 heterocycles. The van der Waals surface area contributed by atoms with E-state index in [4.69, 9.17) is 14.7 Å². The first kappa shape index (κ1) is 15.3. The average Bonchev–Trinajstić information content (AvgIpc) is 2.61. The van der Waals surface area contributed by atoms with Crippen LogP contribution in [-0.2, 0) is 9.47 Å². The van der Waals surface area contributed by atoms with E-state index in [0.29, 0.717) is 17.8 Å². The zero-order valence-corrected chi connectivity index (χ0v) is 12.9. The second-order valence-electron chi connectivity index (χ2n) is 6.02. The molecule has 22 heavy (non-hydrogen) atoms. The van der Waals surface area contributed by atoms with Gasteiger partial charge in [-0.25, -0.2) is 4.98 Å². The van der Waals surface area contributed by atoms with Gasteiger partial charge >= 0.3 is 0 Å². The van der Waals surface area contributed by atoms with Gasteiger partial charge in [-0.05, 0) is 44.2 Å². The van der Waals surface area contributed by atoms with Crippen molar-refractivity contribution < 1.29 is 9.47 Å². The number of anilines is 1. The van der Waals surface area contributed by atoms with Gasteiger partial charge in [0.25, 0.3) is 0 Å². The molecule has 0 unspecified atom stereocenters. The summed E-state index contributed by atoms with van der Waals surface area (Å²) in [6, 6.07) is 5.76. The van der Waals surface area contributed by atoms with Gasteiger partial charge in [0, 0.05) is 25.9 Å². The predicted molar refractivity (Wildman–Crippen MR) is 83.7 cm³/mol. The highest BCUT2D eigenvalue weighted by Crippen LogP contribution is 2.21. The third kappa shape index (κ3) is 3.96. The topological polar surface area (TPSA) is 58.4 Å². The van der Waals surface area contributed by atoms with Gasteiger partial charge in [-0.3, -0.25) is 0 Å². The van der Waals surface area contributed by atoms with Gasteiger partial charge in [0.15, 0.2) is 0 Å². The molecule has 0 spiro atoms. The summed E-state index contributed by atoms with van der Waals surface area (Å²) in [5.41, 5.74) is 0.665. The Hall–Kier alpha value is -1.64. The monoisotopic (exact) mass is 301 g/mol. The standard InChI is InChI=1S/C17H23N3O2/c18-12-14-4-7-19-17(11-14)20-8-5-15(6-9-20)22-13-16-3-1-2-10-21-16/h4,7,11,15-16H,1-3,5-6,8-10,13H2/t16-/m1/s1. The summed E-state index contributed by atoms with van der Waals surface area (Å²) in [4.78, 5) is 6.60. The van der Waals surface area contributed by atoms with Crippen LogP contribution in [0, 0.1) is 11.3 Å². The minimum absolute atomic E-state index is 0.292. The maximum absolute atomic E-state index is 8.97. The van der Waals surface area contributed by atoms with Crippen molar-refractivity contribution in [1.29, 1.82) is 5.26 Å². The molecular formula is C17H23N3O2. The number of piperidine rings is 1. The highest BCUT2D eigenvalue weighted by Gasteiger charge is 2.22. The highest BCUT2D eigenvalue weighted by atomic mass is 16.5. The summed E-state index contributed by atoms with van der Waals surface area (Å²) >= 11 is 0. The van der Waals surface area contributed by atoms with Crippen molar-refractivity contribution in [2.45, 2.75) is 44.3 Å². The van der Waals surface area contributed by atoms with Crippen LogP contribution < -0.4 is 4.90 Å². The Morgan fingerprint density at radius 3 is 2.91 bits per heavy atom. The Labute approximate surface area is 131 Å². The van der Waals surface area contributed by atoms with Crippen molar-refractivity contribution in [1.82, 2.24) is 4.98 Å². The molecule has 0 saturated carbocycles. The van der Waals surface area contributed by atoms with Crippen molar-refractivity contribution in [2.75, 3.05) is 31.2 Å². The minimum Gasteiger partial charge on any atom is -0.376 e. The molecule has 1 atom stereocenters. The third-order valence-electron chi connectivity index (χ3n) is 4.43. The lowest BCUT2D eigenvalue weighted by molar-refractivity contribution is -0.0672. The molecule has 0 amide bonds. The van der Waals surface area contributed by atoms with Gasteiger partial charge in [0.1, 0.15) is 5.82 Å². The zero-order chi connectivity index (χ0) is 15.2. The van der Waals surface area contributed by atoms with Gasteiger partial charge in [0.05, 0.1) is 30.4 Å². The van der Waals surface area contributed by atoms with Crippen molar-refractivity contribution in [3.63, 3.8) is 0 Å². The lowest BCUT2D eigenvalue weighted by atomic mass is 10.1. The minimum atomic E-state index is 0.292. The van der Waals surface area contributed by atoms with Crippen LogP contribution in [-0.4, -0.2) is 43.5 Å². The molecule has 0 N–H and O–H groups in total. The molecule has 2 fully saturated rings. The summed E-state index contributed by atoms with van der Waals surface area (Å²) in [6.07, 6.45) is 7.90. The van der Waals surface area contributed by atoms with E-state index in [1.54, 1.807) is 12.3 Å². The van der Waals surface area contributed by atoms with Crippen LogP contribution in [0.3, 0.4) is 0 Å². The fraction of sp³-hybridized carbons (Fsp3) is 0.647. The molecule has 2 aliphatic rings. The number of ether oxygens (including phenoxy) is 2. The second kappa shape index (κ2) is 7.57. The maximum Gasteiger partial charge on any atom is 0.129 e. The van der Waals surface area contributed by atoms with Crippen LogP contribution in [0.4, 0.5) is 5.82 Å². The van der Waals surface area contributed by atoms with E-state index in [1.807, 2.05) is 6.07 Å². The zero-order valence-electron chi connectivity index (χ0n) is 12.9. The van der Waals surface area contributed by atoms with Gasteiger partial charge < -0.3 is 14.4 Å². The van der Waals surface area contributed by atoms with E-state index in [1.165, 1.54) is 12.8 Å². The van der Waals surface area contributed by atoms with Gasteiger partial charge in [0.2, 0.25) is 0 Å². The number of pyridine rings is 1. The summed E-state index contributed by atoms with van der Waals surface area (Å²) in [5.74, 6) is 0.896. The molecular weight excluding hydrogens is 278 g/mol. The Bertz CT molecular complexity index is 515. The third-order valence-corrected chi connectivity index (χ3v) is 4.43. The van der Waals surface area contributed by atoms with Gasteiger partial charge in [-0.2, -0.15) is 5.26 Å². The first-order chi connectivity index (χ1) is 10.8. The lowest BCUT2D eigenvalue weighted by Gasteiger charge is -2.33. The molecule has 5 nitrogen and oxygen atoms in total. The van der Waals surface area contributed by atoms with Crippen LogP contribution in [0.2, 0.25) is 0 Å². The summed E-state index contributed by atoms with van der Waals surface area (Å²) in [7, 11) is 0. The predicted octanol–water partition coefficient (Wildman–Crippen LogP) is 2.51. The molecule has 118 valence electrons. The number of hydrogen-bond acceptors (Lipinski definition) is 5. The molecule has 0 bridgehead atoms. The van der Waals surface area contributed by atoms with Crippen molar-refractivity contribution in [3.05, 3.63) is 23.9 Å². The maximum atomic E-state index is 8.97. The van der Waals surface area contributed by atoms with Crippen molar-refractivity contribution in [3.8, 4) is 6.07 Å². The van der Waals surface area contributed by atoms with Crippen LogP contribution >= 0.6 is 0 Å². The van der Waals surface area contributed by atoms with Crippen LogP contribution in [0.25, 0.3) is 0 Å². The van der Waals surface area contributed by atoms with E-state index in [2.05, 4.69) is 16.0 Å². The molecule has 5 heteroatoms. The Kier molecular flexibility index (Phi) is 5.25. The van der Waals surface area contributed by atoms with Crippen LogP contribution in [0.5, 0.6) is 0 Å². The van der Waals surface area contributed by atoms with Crippen LogP contribution in [0.1, 0.15) is 37.7 Å². The van der Waals surface area contributed by atoms with Crippen molar-refractivity contribution >= 4 is 5.82 Å². The average molecular weight is 301 g/mol. The SMILES string of the molecule is N#Cc1ccnc(N2CCC(OC[C@H]3CCCCO3)CC2)c1. The Balaban J connectivity index is 1.44. The Morgan fingerprint density at radius 2 is 2.18 bits per heavy atom. The second-order valence-corrected chi connectivity index (χ2v) is 6.02. The lowest BCUT2D eigenvalue weighted by Crippen LogP contribution is -2.38. The van der Waals surface area contributed by atoms with Crippen LogP contribution in [0.15, 0.2) is 18.3 Å². The molecule has 0 aliphatic carbocycles.